The highest BCUT2D eigenvalue weighted by atomic mass is 19.1. The summed E-state index contributed by atoms with van der Waals surface area (Å²) < 4.78 is 12.9. The number of hydrogen-bond acceptors (Lipinski definition) is 2. The molecule has 0 aliphatic heterocycles. The first-order chi connectivity index (χ1) is 8.15. The molecule has 2 aromatic carbocycles. The molecule has 0 aromatic heterocycles. The van der Waals surface area contributed by atoms with E-state index in [1.165, 1.54) is 12.1 Å². The molecule has 2 rings (SSSR count). The van der Waals surface area contributed by atoms with Gasteiger partial charge in [0.25, 0.3) is 0 Å². The van der Waals surface area contributed by atoms with Crippen molar-refractivity contribution >= 4 is 11.4 Å². The fourth-order valence-corrected chi connectivity index (χ4v) is 1.38. The van der Waals surface area contributed by atoms with E-state index in [0.29, 0.717) is 11.3 Å². The number of nitrogens with two attached hydrogens (primary N) is 2. The summed E-state index contributed by atoms with van der Waals surface area (Å²) in [5, 5.41) is 0. The summed E-state index contributed by atoms with van der Waals surface area (Å²) in [6.45, 7) is 0. The lowest BCUT2D eigenvalue weighted by molar-refractivity contribution is 0.632. The molecule has 2 nitrogen and oxygen atoms in total. The van der Waals surface area contributed by atoms with Crippen molar-refractivity contribution in [1.82, 2.24) is 0 Å². The molecule has 0 saturated carbocycles. The van der Waals surface area contributed by atoms with Crippen molar-refractivity contribution in [3.05, 3.63) is 59.4 Å². The predicted octanol–water partition coefficient (Wildman–Crippen LogP) is 2.39. The van der Waals surface area contributed by atoms with Gasteiger partial charge in [-0.3, -0.25) is 0 Å². The van der Waals surface area contributed by atoms with Crippen molar-refractivity contribution in [3.8, 4) is 11.8 Å². The average molecular weight is 226 g/mol. The molecule has 0 saturated heterocycles. The average Bonchev–Trinajstić information content (AvgIpc) is 2.31. The van der Waals surface area contributed by atoms with Gasteiger partial charge in [-0.25, -0.2) is 4.39 Å². The third kappa shape index (κ3) is 2.76. The molecular weight excluding hydrogens is 215 g/mol. The molecule has 0 bridgehead atoms. The van der Waals surface area contributed by atoms with Gasteiger partial charge in [0.1, 0.15) is 5.82 Å². The summed E-state index contributed by atoms with van der Waals surface area (Å²) in [4.78, 5) is 0. The highest BCUT2D eigenvalue weighted by Gasteiger charge is 1.96. The molecule has 0 heterocycles. The highest BCUT2D eigenvalue weighted by Crippen LogP contribution is 2.11. The first-order valence-corrected chi connectivity index (χ1v) is 5.08. The molecule has 0 amide bonds. The quantitative estimate of drug-likeness (QED) is 0.535. The molecule has 0 spiro atoms. The molecule has 3 heteroatoms. The molecule has 17 heavy (non-hydrogen) atoms. The summed E-state index contributed by atoms with van der Waals surface area (Å²) in [6, 6.07) is 11.7. The SMILES string of the molecule is Nc1cccc(C#Cc2ccc(F)c(N)c2)c1. The van der Waals surface area contributed by atoms with E-state index >= 15 is 0 Å². The highest BCUT2D eigenvalue weighted by molar-refractivity contribution is 5.52. The number of hydrogen-bond donors (Lipinski definition) is 2. The monoisotopic (exact) mass is 226 g/mol. The van der Waals surface area contributed by atoms with Gasteiger partial charge in [-0.15, -0.1) is 0 Å². The van der Waals surface area contributed by atoms with Crippen LogP contribution in [0.3, 0.4) is 0 Å². The van der Waals surface area contributed by atoms with Crippen LogP contribution in [0.4, 0.5) is 15.8 Å². The second-order valence-electron chi connectivity index (χ2n) is 3.61. The lowest BCUT2D eigenvalue weighted by Crippen LogP contribution is -1.90. The molecule has 0 unspecified atom stereocenters. The zero-order chi connectivity index (χ0) is 12.3. The van der Waals surface area contributed by atoms with Crippen LogP contribution in [0.25, 0.3) is 0 Å². The summed E-state index contributed by atoms with van der Waals surface area (Å²) in [5.74, 6) is 5.41. The smallest absolute Gasteiger partial charge is 0.146 e. The maximum absolute atomic E-state index is 12.9. The van der Waals surface area contributed by atoms with E-state index in [1.807, 2.05) is 12.1 Å². The Kier molecular flexibility index (Phi) is 2.97. The van der Waals surface area contributed by atoms with Crippen LogP contribution >= 0.6 is 0 Å². The van der Waals surface area contributed by atoms with E-state index in [0.717, 1.165) is 5.56 Å². The Morgan fingerprint density at radius 1 is 0.882 bits per heavy atom. The topological polar surface area (TPSA) is 52.0 Å². The maximum Gasteiger partial charge on any atom is 0.146 e. The minimum absolute atomic E-state index is 0.101. The van der Waals surface area contributed by atoms with E-state index in [1.54, 1.807) is 18.2 Å². The van der Waals surface area contributed by atoms with Crippen molar-refractivity contribution in [2.75, 3.05) is 11.5 Å². The Hall–Kier alpha value is -2.47. The fraction of sp³-hybridized carbons (Fsp3) is 0. The number of anilines is 2. The van der Waals surface area contributed by atoms with Crippen molar-refractivity contribution in [1.29, 1.82) is 0 Å². The molecule has 0 aliphatic rings. The van der Waals surface area contributed by atoms with Crippen LogP contribution in [0.15, 0.2) is 42.5 Å². The minimum atomic E-state index is -0.431. The Labute approximate surface area is 99.1 Å². The molecule has 0 fully saturated rings. The third-order valence-corrected chi connectivity index (χ3v) is 2.23. The van der Waals surface area contributed by atoms with Crippen molar-refractivity contribution in [3.63, 3.8) is 0 Å². The Morgan fingerprint density at radius 2 is 1.59 bits per heavy atom. The van der Waals surface area contributed by atoms with Crippen molar-refractivity contribution < 1.29 is 4.39 Å². The Balaban J connectivity index is 2.30. The lowest BCUT2D eigenvalue weighted by Gasteiger charge is -1.96. The third-order valence-electron chi connectivity index (χ3n) is 2.23. The molecular formula is C14H11FN2. The molecule has 0 atom stereocenters. The van der Waals surface area contributed by atoms with E-state index in [4.69, 9.17) is 11.5 Å². The molecule has 84 valence electrons. The van der Waals surface area contributed by atoms with Gasteiger partial charge in [0.2, 0.25) is 0 Å². The van der Waals surface area contributed by atoms with Crippen LogP contribution < -0.4 is 11.5 Å². The largest absolute Gasteiger partial charge is 0.399 e. The zero-order valence-electron chi connectivity index (χ0n) is 9.07. The van der Waals surface area contributed by atoms with E-state index in [2.05, 4.69) is 11.8 Å². The van der Waals surface area contributed by atoms with Crippen molar-refractivity contribution in [2.24, 2.45) is 0 Å². The van der Waals surface area contributed by atoms with Gasteiger partial charge >= 0.3 is 0 Å². The van der Waals surface area contributed by atoms with Crippen LogP contribution in [0.5, 0.6) is 0 Å². The number of rotatable bonds is 0. The summed E-state index contributed by atoms with van der Waals surface area (Å²) in [5.41, 5.74) is 13.3. The Morgan fingerprint density at radius 3 is 2.24 bits per heavy atom. The van der Waals surface area contributed by atoms with Gasteiger partial charge < -0.3 is 11.5 Å². The number of benzene rings is 2. The second kappa shape index (κ2) is 4.58. The van der Waals surface area contributed by atoms with Gasteiger partial charge in [-0.2, -0.15) is 0 Å². The summed E-state index contributed by atoms with van der Waals surface area (Å²) in [6.07, 6.45) is 0. The summed E-state index contributed by atoms with van der Waals surface area (Å²) in [7, 11) is 0. The van der Waals surface area contributed by atoms with Crippen LogP contribution in [-0.4, -0.2) is 0 Å². The van der Waals surface area contributed by atoms with E-state index < -0.39 is 5.82 Å². The molecule has 2 aromatic rings. The number of nitrogen functional groups attached to an aromatic ring is 2. The number of halogens is 1. The second-order valence-corrected chi connectivity index (χ2v) is 3.61. The lowest BCUT2D eigenvalue weighted by atomic mass is 10.1. The van der Waals surface area contributed by atoms with Crippen molar-refractivity contribution in [2.45, 2.75) is 0 Å². The van der Waals surface area contributed by atoms with Crippen LogP contribution in [0, 0.1) is 17.7 Å². The minimum Gasteiger partial charge on any atom is -0.399 e. The predicted molar refractivity (Wildman–Crippen MR) is 67.6 cm³/mol. The fourth-order valence-electron chi connectivity index (χ4n) is 1.38. The molecule has 0 radical (unpaired) electrons. The first kappa shape index (κ1) is 11.0. The maximum atomic E-state index is 12.9. The van der Waals surface area contributed by atoms with E-state index in [9.17, 15) is 4.39 Å². The van der Waals surface area contributed by atoms with Crippen LogP contribution in [-0.2, 0) is 0 Å². The molecule has 4 N–H and O–H groups in total. The Bertz CT molecular complexity index is 609. The van der Waals surface area contributed by atoms with Gasteiger partial charge in [0.05, 0.1) is 5.69 Å². The van der Waals surface area contributed by atoms with Gasteiger partial charge in [0.15, 0.2) is 0 Å². The van der Waals surface area contributed by atoms with Gasteiger partial charge in [0, 0.05) is 16.8 Å². The summed E-state index contributed by atoms with van der Waals surface area (Å²) >= 11 is 0. The first-order valence-electron chi connectivity index (χ1n) is 5.08. The van der Waals surface area contributed by atoms with E-state index in [-0.39, 0.29) is 5.69 Å². The normalized spacial score (nSPS) is 9.47. The van der Waals surface area contributed by atoms with Crippen LogP contribution in [0.2, 0.25) is 0 Å². The van der Waals surface area contributed by atoms with Crippen LogP contribution in [0.1, 0.15) is 11.1 Å². The molecule has 0 aliphatic carbocycles. The van der Waals surface area contributed by atoms with Gasteiger partial charge in [-0.05, 0) is 36.4 Å². The standard InChI is InChI=1S/C14H11FN2/c15-13-7-6-11(9-14(13)17)5-4-10-2-1-3-12(16)8-10/h1-3,6-9H,16-17H2. The van der Waals surface area contributed by atoms with Gasteiger partial charge in [-0.1, -0.05) is 17.9 Å². The zero-order valence-corrected chi connectivity index (χ0v) is 9.07.